The second-order valence-electron chi connectivity index (χ2n) is 10.1. The number of anilines is 2. The molecule has 36 heavy (non-hydrogen) atoms. The lowest BCUT2D eigenvalue weighted by Crippen LogP contribution is -2.29. The Hall–Kier alpha value is -3.07. The van der Waals surface area contributed by atoms with Gasteiger partial charge in [0.2, 0.25) is 0 Å². The fourth-order valence-corrected chi connectivity index (χ4v) is 5.27. The molecule has 190 valence electrons. The van der Waals surface area contributed by atoms with Crippen molar-refractivity contribution in [3.63, 3.8) is 0 Å². The molecule has 0 bridgehead atoms. The van der Waals surface area contributed by atoms with E-state index in [9.17, 15) is 4.79 Å². The fourth-order valence-electron chi connectivity index (χ4n) is 5.10. The number of rotatable bonds is 8. The highest BCUT2D eigenvalue weighted by Gasteiger charge is 2.24. The number of nitrogens with two attached hydrogens (primary N) is 1. The van der Waals surface area contributed by atoms with Gasteiger partial charge in [-0.25, -0.2) is 4.98 Å². The van der Waals surface area contributed by atoms with E-state index in [1.54, 1.807) is 6.07 Å². The maximum absolute atomic E-state index is 13.3. The molecule has 1 aliphatic rings. The van der Waals surface area contributed by atoms with E-state index in [1.165, 1.54) is 12.1 Å². The van der Waals surface area contributed by atoms with Gasteiger partial charge in [-0.05, 0) is 69.3 Å². The van der Waals surface area contributed by atoms with Gasteiger partial charge in [-0.2, -0.15) is 0 Å². The first-order chi connectivity index (χ1) is 17.3. The summed E-state index contributed by atoms with van der Waals surface area (Å²) >= 11 is 6.33. The lowest BCUT2D eigenvalue weighted by atomic mass is 10.1. The molecule has 1 fully saturated rings. The van der Waals surface area contributed by atoms with Crippen LogP contribution < -0.4 is 21.5 Å². The molecule has 1 saturated heterocycles. The van der Waals surface area contributed by atoms with E-state index in [0.29, 0.717) is 40.1 Å². The van der Waals surface area contributed by atoms with Crippen LogP contribution in [0.3, 0.4) is 0 Å². The van der Waals surface area contributed by atoms with Gasteiger partial charge in [0, 0.05) is 48.3 Å². The summed E-state index contributed by atoms with van der Waals surface area (Å²) in [5.74, 6) is 1.18. The molecule has 4 aromatic rings. The van der Waals surface area contributed by atoms with Crippen molar-refractivity contribution < 1.29 is 0 Å². The molecule has 5 rings (SSSR count). The quantitative estimate of drug-likeness (QED) is 0.284. The molecule has 8 nitrogen and oxygen atoms in total. The number of fused-ring (bicyclic) bond motifs is 2. The molecule has 0 amide bonds. The summed E-state index contributed by atoms with van der Waals surface area (Å²) < 4.78 is 0. The summed E-state index contributed by atoms with van der Waals surface area (Å²) in [6.07, 6.45) is 2.01. The van der Waals surface area contributed by atoms with Crippen LogP contribution in [0.15, 0.2) is 41.2 Å². The monoisotopic (exact) mass is 507 g/mol. The van der Waals surface area contributed by atoms with Gasteiger partial charge in [0.05, 0.1) is 22.2 Å². The lowest BCUT2D eigenvalue weighted by molar-refractivity contribution is 0.340. The molecule has 0 radical (unpaired) electrons. The lowest BCUT2D eigenvalue weighted by Gasteiger charge is -2.20. The number of aromatic amines is 2. The number of benzene rings is 2. The van der Waals surface area contributed by atoms with Crippen LogP contribution >= 0.6 is 11.6 Å². The maximum atomic E-state index is 13.3. The largest absolute Gasteiger partial charge is 0.382 e. The average molecular weight is 508 g/mol. The van der Waals surface area contributed by atoms with E-state index >= 15 is 0 Å². The summed E-state index contributed by atoms with van der Waals surface area (Å²) in [5, 5.41) is 4.84. The Kier molecular flexibility index (Phi) is 6.92. The second-order valence-corrected chi connectivity index (χ2v) is 10.5. The molecular formula is C27H34ClN7O. The standard InChI is InChI=1S/C27H34ClN7O/c1-4-18(29)13-30-25-20-11-17(28)5-7-21(20)33-27(36)24(25)26-31-22-8-6-19(12-23(22)32-26)35-10-9-16(15-35)14-34(2)3/h5-8,11-12,16,18H,4,9-10,13-15,29H2,1-3H3,(H,31,32)(H2,30,33,36)/t16?,18-/m1/s1. The number of nitrogens with one attached hydrogen (secondary N) is 3. The number of hydrogen-bond donors (Lipinski definition) is 4. The van der Waals surface area contributed by atoms with Gasteiger partial charge >= 0.3 is 0 Å². The summed E-state index contributed by atoms with van der Waals surface area (Å²) in [5.41, 5.74) is 10.7. The molecular weight excluding hydrogens is 474 g/mol. The second kappa shape index (κ2) is 10.1. The smallest absolute Gasteiger partial charge is 0.261 e. The van der Waals surface area contributed by atoms with Crippen molar-refractivity contribution in [3.05, 3.63) is 51.8 Å². The number of aromatic nitrogens is 3. The van der Waals surface area contributed by atoms with Gasteiger partial charge in [-0.3, -0.25) is 4.79 Å². The SMILES string of the molecule is CC[C@@H](N)CNc1c(-c2nc3ccc(N4CCC(CN(C)C)C4)cc3[nH]2)c(=O)[nH]c2ccc(Cl)cc12. The van der Waals surface area contributed by atoms with Crippen LogP contribution in [0.1, 0.15) is 19.8 Å². The van der Waals surface area contributed by atoms with E-state index in [1.807, 2.05) is 25.1 Å². The molecule has 3 heterocycles. The Bertz CT molecular complexity index is 1440. The van der Waals surface area contributed by atoms with Gasteiger partial charge < -0.3 is 30.8 Å². The molecule has 1 unspecified atom stereocenters. The molecule has 9 heteroatoms. The number of pyridine rings is 1. The van der Waals surface area contributed by atoms with Gasteiger partial charge in [0.15, 0.2) is 0 Å². The maximum Gasteiger partial charge on any atom is 0.261 e. The minimum Gasteiger partial charge on any atom is -0.382 e. The highest BCUT2D eigenvalue weighted by molar-refractivity contribution is 6.31. The van der Waals surface area contributed by atoms with E-state index < -0.39 is 0 Å². The normalized spacial score (nSPS) is 16.9. The predicted molar refractivity (Wildman–Crippen MR) is 150 cm³/mol. The van der Waals surface area contributed by atoms with E-state index in [0.717, 1.165) is 42.5 Å². The third-order valence-electron chi connectivity index (χ3n) is 7.02. The van der Waals surface area contributed by atoms with Crippen molar-refractivity contribution >= 4 is 44.9 Å². The van der Waals surface area contributed by atoms with Crippen LogP contribution in [-0.4, -0.2) is 66.2 Å². The molecule has 0 aliphatic carbocycles. The van der Waals surface area contributed by atoms with E-state index in [2.05, 4.69) is 51.3 Å². The molecule has 1 aliphatic heterocycles. The van der Waals surface area contributed by atoms with Crippen LogP contribution in [0.25, 0.3) is 33.3 Å². The zero-order chi connectivity index (χ0) is 25.4. The Labute approximate surface area is 215 Å². The van der Waals surface area contributed by atoms with Crippen LogP contribution in [0.2, 0.25) is 5.02 Å². The summed E-state index contributed by atoms with van der Waals surface area (Å²) in [4.78, 5) is 29.2. The van der Waals surface area contributed by atoms with Gasteiger partial charge in [0.25, 0.3) is 5.56 Å². The molecule has 0 saturated carbocycles. The Morgan fingerprint density at radius 1 is 1.22 bits per heavy atom. The van der Waals surface area contributed by atoms with Crippen molar-refractivity contribution in [2.75, 3.05) is 50.5 Å². The first-order valence-electron chi connectivity index (χ1n) is 12.6. The van der Waals surface area contributed by atoms with E-state index in [-0.39, 0.29) is 11.6 Å². The van der Waals surface area contributed by atoms with Crippen molar-refractivity contribution in [3.8, 4) is 11.4 Å². The van der Waals surface area contributed by atoms with Gasteiger partial charge in [0.1, 0.15) is 11.4 Å². The van der Waals surface area contributed by atoms with Crippen molar-refractivity contribution in [1.29, 1.82) is 0 Å². The Morgan fingerprint density at radius 3 is 2.83 bits per heavy atom. The molecule has 2 aromatic heterocycles. The topological polar surface area (TPSA) is 106 Å². The van der Waals surface area contributed by atoms with Crippen molar-refractivity contribution in [2.45, 2.75) is 25.8 Å². The number of H-pyrrole nitrogens is 2. The van der Waals surface area contributed by atoms with Crippen LogP contribution in [-0.2, 0) is 0 Å². The number of halogens is 1. The van der Waals surface area contributed by atoms with Crippen molar-refractivity contribution in [2.24, 2.45) is 11.7 Å². The summed E-state index contributed by atoms with van der Waals surface area (Å²) in [6, 6.07) is 11.7. The minimum atomic E-state index is -0.220. The molecule has 0 spiro atoms. The van der Waals surface area contributed by atoms with Gasteiger partial charge in [-0.1, -0.05) is 18.5 Å². The summed E-state index contributed by atoms with van der Waals surface area (Å²) in [7, 11) is 4.25. The van der Waals surface area contributed by atoms with Crippen LogP contribution in [0.4, 0.5) is 11.4 Å². The highest BCUT2D eigenvalue weighted by atomic mass is 35.5. The molecule has 2 atom stereocenters. The zero-order valence-corrected chi connectivity index (χ0v) is 21.8. The first-order valence-corrected chi connectivity index (χ1v) is 12.9. The summed E-state index contributed by atoms with van der Waals surface area (Å²) in [6.45, 7) is 5.75. The highest BCUT2D eigenvalue weighted by Crippen LogP contribution is 2.33. The Balaban J connectivity index is 1.54. The average Bonchev–Trinajstić information content (AvgIpc) is 3.48. The Morgan fingerprint density at radius 2 is 2.06 bits per heavy atom. The van der Waals surface area contributed by atoms with Gasteiger partial charge in [-0.15, -0.1) is 0 Å². The first kappa shape index (κ1) is 24.6. The third-order valence-corrected chi connectivity index (χ3v) is 7.25. The molecule has 2 aromatic carbocycles. The third kappa shape index (κ3) is 4.93. The van der Waals surface area contributed by atoms with E-state index in [4.69, 9.17) is 22.3 Å². The minimum absolute atomic E-state index is 0.0404. The van der Waals surface area contributed by atoms with Crippen LogP contribution in [0.5, 0.6) is 0 Å². The number of imidazole rings is 1. The number of hydrogen-bond acceptors (Lipinski definition) is 6. The number of nitrogens with zero attached hydrogens (tertiary/aromatic N) is 3. The fraction of sp³-hybridized carbons (Fsp3) is 0.407. The van der Waals surface area contributed by atoms with Crippen molar-refractivity contribution in [1.82, 2.24) is 19.9 Å². The molecule has 5 N–H and O–H groups in total. The van der Waals surface area contributed by atoms with Crippen LogP contribution in [0, 0.1) is 5.92 Å². The predicted octanol–water partition coefficient (Wildman–Crippen LogP) is 4.26. The zero-order valence-electron chi connectivity index (χ0n) is 21.1.